The lowest BCUT2D eigenvalue weighted by atomic mass is 10.1. The molecule has 1 aromatic carbocycles. The van der Waals surface area contributed by atoms with Gasteiger partial charge in [0.05, 0.1) is 11.8 Å². The van der Waals surface area contributed by atoms with Crippen molar-refractivity contribution in [3.05, 3.63) is 18.2 Å². The first-order valence-electron chi connectivity index (χ1n) is 5.45. The average molecular weight is 220 g/mol. The van der Waals surface area contributed by atoms with Crippen molar-refractivity contribution in [2.75, 3.05) is 10.6 Å². The molecule has 1 atom stereocenters. The van der Waals surface area contributed by atoms with Gasteiger partial charge in [0.2, 0.25) is 5.91 Å². The molecule has 0 bridgehead atoms. The average Bonchev–Trinajstić information content (AvgIpc) is 2.20. The van der Waals surface area contributed by atoms with Crippen molar-refractivity contribution >= 4 is 17.3 Å². The van der Waals surface area contributed by atoms with Crippen LogP contribution >= 0.6 is 0 Å². The molecule has 1 unspecified atom stereocenters. The van der Waals surface area contributed by atoms with Gasteiger partial charge in [-0.1, -0.05) is 6.07 Å². The van der Waals surface area contributed by atoms with Gasteiger partial charge in [-0.05, 0) is 32.9 Å². The number of fused-ring (bicyclic) bond motifs is 1. The van der Waals surface area contributed by atoms with Crippen LogP contribution in [0.15, 0.2) is 18.2 Å². The Hall–Kier alpha value is -1.71. The smallest absolute Gasteiger partial charge is 0.246 e. The minimum atomic E-state index is -0.207. The molecule has 1 aromatic rings. The number of ether oxygens (including phenoxy) is 1. The fourth-order valence-electron chi connectivity index (χ4n) is 1.66. The van der Waals surface area contributed by atoms with Crippen LogP contribution in [0.1, 0.15) is 20.8 Å². The molecule has 0 radical (unpaired) electrons. The first kappa shape index (κ1) is 10.8. The summed E-state index contributed by atoms with van der Waals surface area (Å²) in [5.41, 5.74) is 1.64. The van der Waals surface area contributed by atoms with Crippen LogP contribution in [0.2, 0.25) is 0 Å². The van der Waals surface area contributed by atoms with Crippen LogP contribution < -0.4 is 15.4 Å². The monoisotopic (exact) mass is 220 g/mol. The van der Waals surface area contributed by atoms with Crippen LogP contribution in [-0.4, -0.2) is 18.1 Å². The van der Waals surface area contributed by atoms with Gasteiger partial charge in [-0.25, -0.2) is 0 Å². The molecule has 0 saturated heterocycles. The van der Waals surface area contributed by atoms with E-state index >= 15 is 0 Å². The highest BCUT2D eigenvalue weighted by molar-refractivity contribution is 6.04. The zero-order valence-corrected chi connectivity index (χ0v) is 9.70. The molecule has 16 heavy (non-hydrogen) atoms. The second kappa shape index (κ2) is 4.04. The summed E-state index contributed by atoms with van der Waals surface area (Å²) < 4.78 is 5.64. The van der Waals surface area contributed by atoms with E-state index in [-0.39, 0.29) is 18.1 Å². The van der Waals surface area contributed by atoms with Crippen molar-refractivity contribution in [2.45, 2.75) is 32.9 Å². The number of benzene rings is 1. The van der Waals surface area contributed by atoms with E-state index in [1.165, 1.54) is 0 Å². The molecule has 1 heterocycles. The molecule has 2 N–H and O–H groups in total. The summed E-state index contributed by atoms with van der Waals surface area (Å²) in [7, 11) is 0. The summed E-state index contributed by atoms with van der Waals surface area (Å²) >= 11 is 0. The van der Waals surface area contributed by atoms with Crippen molar-refractivity contribution in [1.29, 1.82) is 0 Å². The van der Waals surface area contributed by atoms with E-state index < -0.39 is 0 Å². The molecule has 0 fully saturated rings. The van der Waals surface area contributed by atoms with E-state index in [4.69, 9.17) is 4.74 Å². The fourth-order valence-corrected chi connectivity index (χ4v) is 1.66. The third kappa shape index (κ3) is 1.96. The Morgan fingerprint density at radius 3 is 2.81 bits per heavy atom. The molecule has 0 saturated carbocycles. The van der Waals surface area contributed by atoms with E-state index in [2.05, 4.69) is 10.6 Å². The zero-order chi connectivity index (χ0) is 11.7. The molecular formula is C12H16N2O2. The van der Waals surface area contributed by atoms with Gasteiger partial charge in [-0.15, -0.1) is 0 Å². The normalized spacial score (nSPS) is 18.8. The minimum absolute atomic E-state index is 0.0349. The third-order valence-corrected chi connectivity index (χ3v) is 2.40. The second-order valence-corrected chi connectivity index (χ2v) is 4.20. The van der Waals surface area contributed by atoms with E-state index in [0.29, 0.717) is 5.75 Å². The molecule has 2 rings (SSSR count). The maximum absolute atomic E-state index is 11.6. The van der Waals surface area contributed by atoms with Gasteiger partial charge in [-0.2, -0.15) is 0 Å². The molecule has 1 amide bonds. The number of carbonyl (C=O) groups excluding carboxylic acids is 1. The molecular weight excluding hydrogens is 204 g/mol. The Balaban J connectivity index is 2.36. The number of para-hydroxylation sites is 1. The van der Waals surface area contributed by atoms with Gasteiger partial charge >= 0.3 is 0 Å². The Morgan fingerprint density at radius 2 is 2.12 bits per heavy atom. The summed E-state index contributed by atoms with van der Waals surface area (Å²) in [6, 6.07) is 5.49. The van der Waals surface area contributed by atoms with Gasteiger partial charge in [0.15, 0.2) is 0 Å². The predicted octanol–water partition coefficient (Wildman–Crippen LogP) is 2.23. The summed E-state index contributed by atoms with van der Waals surface area (Å²) in [5, 5.41) is 5.99. The van der Waals surface area contributed by atoms with E-state index in [9.17, 15) is 4.79 Å². The maximum Gasteiger partial charge on any atom is 0.246 e. The molecule has 4 nitrogen and oxygen atoms in total. The third-order valence-electron chi connectivity index (χ3n) is 2.40. The van der Waals surface area contributed by atoms with Crippen LogP contribution in [0.25, 0.3) is 0 Å². The predicted molar refractivity (Wildman–Crippen MR) is 63.9 cm³/mol. The Morgan fingerprint density at radius 1 is 1.38 bits per heavy atom. The lowest BCUT2D eigenvalue weighted by Gasteiger charge is -2.26. The van der Waals surface area contributed by atoms with Gasteiger partial charge < -0.3 is 15.4 Å². The Bertz CT molecular complexity index is 415. The first-order valence-corrected chi connectivity index (χ1v) is 5.45. The SMILES string of the molecule is CC(C)Oc1cccc2c1NC(=O)C(C)N2. The van der Waals surface area contributed by atoms with Crippen molar-refractivity contribution in [2.24, 2.45) is 0 Å². The quantitative estimate of drug-likeness (QED) is 0.803. The highest BCUT2D eigenvalue weighted by Crippen LogP contribution is 2.36. The number of hydrogen-bond acceptors (Lipinski definition) is 3. The topological polar surface area (TPSA) is 50.4 Å². The lowest BCUT2D eigenvalue weighted by Crippen LogP contribution is -2.36. The zero-order valence-electron chi connectivity index (χ0n) is 9.70. The Labute approximate surface area is 95.0 Å². The van der Waals surface area contributed by atoms with Crippen LogP contribution in [0.5, 0.6) is 5.75 Å². The molecule has 1 aliphatic rings. The van der Waals surface area contributed by atoms with Gasteiger partial charge in [0, 0.05) is 0 Å². The van der Waals surface area contributed by atoms with E-state index in [1.54, 1.807) is 0 Å². The maximum atomic E-state index is 11.6. The highest BCUT2D eigenvalue weighted by Gasteiger charge is 2.23. The summed E-state index contributed by atoms with van der Waals surface area (Å²) in [6.07, 6.45) is 0.0859. The number of nitrogens with one attached hydrogen (secondary N) is 2. The Kier molecular flexibility index (Phi) is 2.73. The molecule has 4 heteroatoms. The van der Waals surface area contributed by atoms with E-state index in [0.717, 1.165) is 11.4 Å². The number of hydrogen-bond donors (Lipinski definition) is 2. The first-order chi connectivity index (χ1) is 7.58. The molecule has 1 aliphatic heterocycles. The van der Waals surface area contributed by atoms with Crippen molar-refractivity contribution in [3.63, 3.8) is 0 Å². The van der Waals surface area contributed by atoms with E-state index in [1.807, 2.05) is 39.0 Å². The van der Waals surface area contributed by atoms with Crippen LogP contribution in [0.4, 0.5) is 11.4 Å². The lowest BCUT2D eigenvalue weighted by molar-refractivity contribution is -0.116. The molecule has 0 aliphatic carbocycles. The van der Waals surface area contributed by atoms with Crippen molar-refractivity contribution in [3.8, 4) is 5.75 Å². The van der Waals surface area contributed by atoms with Crippen LogP contribution in [0.3, 0.4) is 0 Å². The standard InChI is InChI=1S/C12H16N2O2/c1-7(2)16-10-6-4-5-9-11(10)14-12(15)8(3)13-9/h4-8,13H,1-3H3,(H,14,15). The number of rotatable bonds is 2. The highest BCUT2D eigenvalue weighted by atomic mass is 16.5. The van der Waals surface area contributed by atoms with Crippen molar-refractivity contribution < 1.29 is 9.53 Å². The fraction of sp³-hybridized carbons (Fsp3) is 0.417. The number of carbonyl (C=O) groups is 1. The van der Waals surface area contributed by atoms with Crippen LogP contribution in [-0.2, 0) is 4.79 Å². The molecule has 0 spiro atoms. The van der Waals surface area contributed by atoms with Gasteiger partial charge in [0.25, 0.3) is 0 Å². The summed E-state index contributed by atoms with van der Waals surface area (Å²) in [6.45, 7) is 5.74. The largest absolute Gasteiger partial charge is 0.489 e. The summed E-state index contributed by atoms with van der Waals surface area (Å²) in [4.78, 5) is 11.6. The second-order valence-electron chi connectivity index (χ2n) is 4.20. The van der Waals surface area contributed by atoms with Gasteiger partial charge in [0.1, 0.15) is 17.5 Å². The molecule has 86 valence electrons. The van der Waals surface area contributed by atoms with Crippen LogP contribution in [0, 0.1) is 0 Å². The van der Waals surface area contributed by atoms with Gasteiger partial charge in [-0.3, -0.25) is 4.79 Å². The number of anilines is 2. The molecule has 0 aromatic heterocycles. The summed E-state index contributed by atoms with van der Waals surface area (Å²) in [5.74, 6) is 0.674. The minimum Gasteiger partial charge on any atom is -0.489 e. The number of amides is 1. The van der Waals surface area contributed by atoms with Crippen molar-refractivity contribution in [1.82, 2.24) is 0 Å².